The number of rotatable bonds is 6. The average molecular weight is 223 g/mol. The number of aromatic nitrogens is 3. The van der Waals surface area contributed by atoms with Crippen LogP contribution in [0.25, 0.3) is 0 Å². The lowest BCUT2D eigenvalue weighted by atomic mass is 10.5. The van der Waals surface area contributed by atoms with Crippen LogP contribution in [0.5, 0.6) is 0 Å². The van der Waals surface area contributed by atoms with Gasteiger partial charge in [-0.15, -0.1) is 5.10 Å². The minimum atomic E-state index is 0.717. The molecule has 0 saturated heterocycles. The molecule has 90 valence electrons. The van der Waals surface area contributed by atoms with Crippen LogP contribution in [-0.2, 0) is 0 Å². The van der Waals surface area contributed by atoms with Crippen LogP contribution in [0.15, 0.2) is 6.20 Å². The molecule has 1 heterocycles. The molecule has 0 aliphatic carbocycles. The van der Waals surface area contributed by atoms with Crippen molar-refractivity contribution in [1.29, 1.82) is 0 Å². The Hall–Kier alpha value is -1.39. The first-order chi connectivity index (χ1) is 7.76. The van der Waals surface area contributed by atoms with Gasteiger partial charge in [0.1, 0.15) is 0 Å². The zero-order valence-corrected chi connectivity index (χ0v) is 10.6. The summed E-state index contributed by atoms with van der Waals surface area (Å²) >= 11 is 0. The van der Waals surface area contributed by atoms with Crippen molar-refractivity contribution in [3.8, 4) is 0 Å². The van der Waals surface area contributed by atoms with Crippen LogP contribution in [0.4, 0.5) is 11.8 Å². The Morgan fingerprint density at radius 1 is 0.938 bits per heavy atom. The SMILES string of the molecule is CCN(CC)c1cnnc(N(CC)CC)n1. The minimum absolute atomic E-state index is 0.717. The van der Waals surface area contributed by atoms with E-state index in [-0.39, 0.29) is 0 Å². The highest BCUT2D eigenvalue weighted by Gasteiger charge is 2.09. The van der Waals surface area contributed by atoms with Crippen molar-refractivity contribution in [3.05, 3.63) is 6.20 Å². The molecular weight excluding hydrogens is 202 g/mol. The van der Waals surface area contributed by atoms with Crippen molar-refractivity contribution >= 4 is 11.8 Å². The quantitative estimate of drug-likeness (QED) is 0.732. The number of hydrogen-bond acceptors (Lipinski definition) is 5. The third kappa shape index (κ3) is 2.81. The first-order valence-corrected chi connectivity index (χ1v) is 5.96. The van der Waals surface area contributed by atoms with Gasteiger partial charge in [0.15, 0.2) is 5.82 Å². The molecule has 16 heavy (non-hydrogen) atoms. The van der Waals surface area contributed by atoms with Crippen LogP contribution >= 0.6 is 0 Å². The van der Waals surface area contributed by atoms with E-state index >= 15 is 0 Å². The Balaban J connectivity index is 2.93. The molecule has 0 amide bonds. The van der Waals surface area contributed by atoms with Crippen molar-refractivity contribution < 1.29 is 0 Å². The van der Waals surface area contributed by atoms with E-state index in [0.717, 1.165) is 37.9 Å². The van der Waals surface area contributed by atoms with Crippen LogP contribution in [0.1, 0.15) is 27.7 Å². The van der Waals surface area contributed by atoms with Gasteiger partial charge in [-0.2, -0.15) is 10.1 Å². The first-order valence-electron chi connectivity index (χ1n) is 5.96. The molecule has 0 unspecified atom stereocenters. The summed E-state index contributed by atoms with van der Waals surface area (Å²) in [7, 11) is 0. The Labute approximate surface area is 97.5 Å². The molecule has 0 aliphatic rings. The smallest absolute Gasteiger partial charge is 0.247 e. The van der Waals surface area contributed by atoms with Gasteiger partial charge in [0, 0.05) is 26.2 Å². The van der Waals surface area contributed by atoms with Gasteiger partial charge in [0.2, 0.25) is 5.95 Å². The van der Waals surface area contributed by atoms with E-state index in [2.05, 4.69) is 52.7 Å². The summed E-state index contributed by atoms with van der Waals surface area (Å²) in [5.41, 5.74) is 0. The summed E-state index contributed by atoms with van der Waals surface area (Å²) in [5, 5.41) is 8.09. The molecule has 0 fully saturated rings. The van der Waals surface area contributed by atoms with Crippen molar-refractivity contribution in [2.75, 3.05) is 36.0 Å². The van der Waals surface area contributed by atoms with Crippen LogP contribution in [-0.4, -0.2) is 41.4 Å². The van der Waals surface area contributed by atoms with Gasteiger partial charge in [0.05, 0.1) is 6.20 Å². The molecule has 1 aromatic heterocycles. The second-order valence-electron chi connectivity index (χ2n) is 3.46. The maximum Gasteiger partial charge on any atom is 0.247 e. The fourth-order valence-corrected chi connectivity index (χ4v) is 1.63. The molecule has 1 aromatic rings. The predicted octanol–water partition coefficient (Wildman–Crippen LogP) is 1.56. The molecule has 0 bridgehead atoms. The second kappa shape index (κ2) is 6.25. The van der Waals surface area contributed by atoms with Crippen LogP contribution in [0.3, 0.4) is 0 Å². The summed E-state index contributed by atoms with van der Waals surface area (Å²) in [5.74, 6) is 1.62. The van der Waals surface area contributed by atoms with Gasteiger partial charge in [-0.05, 0) is 27.7 Å². The molecule has 0 saturated carbocycles. The van der Waals surface area contributed by atoms with E-state index in [9.17, 15) is 0 Å². The van der Waals surface area contributed by atoms with Crippen molar-refractivity contribution in [1.82, 2.24) is 15.2 Å². The van der Waals surface area contributed by atoms with Crippen molar-refractivity contribution in [2.45, 2.75) is 27.7 Å². The lowest BCUT2D eigenvalue weighted by Gasteiger charge is -2.22. The summed E-state index contributed by atoms with van der Waals surface area (Å²) < 4.78 is 0. The maximum absolute atomic E-state index is 4.54. The highest BCUT2D eigenvalue weighted by molar-refractivity contribution is 5.41. The largest absolute Gasteiger partial charge is 0.356 e. The molecule has 5 nitrogen and oxygen atoms in total. The second-order valence-corrected chi connectivity index (χ2v) is 3.46. The van der Waals surface area contributed by atoms with Gasteiger partial charge in [-0.1, -0.05) is 0 Å². The minimum Gasteiger partial charge on any atom is -0.356 e. The monoisotopic (exact) mass is 223 g/mol. The fourth-order valence-electron chi connectivity index (χ4n) is 1.63. The Morgan fingerprint density at radius 3 is 2.00 bits per heavy atom. The summed E-state index contributed by atoms with van der Waals surface area (Å²) in [6, 6.07) is 0. The van der Waals surface area contributed by atoms with Crippen molar-refractivity contribution in [2.24, 2.45) is 0 Å². The fraction of sp³-hybridized carbons (Fsp3) is 0.727. The lowest BCUT2D eigenvalue weighted by Crippen LogP contribution is -2.27. The molecular formula is C11H21N5. The van der Waals surface area contributed by atoms with Gasteiger partial charge in [-0.25, -0.2) is 0 Å². The number of anilines is 2. The zero-order valence-electron chi connectivity index (χ0n) is 10.6. The number of nitrogens with zero attached hydrogens (tertiary/aromatic N) is 5. The molecule has 1 rings (SSSR count). The highest BCUT2D eigenvalue weighted by atomic mass is 15.3. The zero-order chi connectivity index (χ0) is 12.0. The van der Waals surface area contributed by atoms with Crippen molar-refractivity contribution in [3.63, 3.8) is 0 Å². The number of hydrogen-bond donors (Lipinski definition) is 0. The van der Waals surface area contributed by atoms with E-state index in [0.29, 0.717) is 0 Å². The van der Waals surface area contributed by atoms with Gasteiger partial charge >= 0.3 is 0 Å². The highest BCUT2D eigenvalue weighted by Crippen LogP contribution is 2.12. The standard InChI is InChI=1S/C11H21N5/c1-5-15(6-2)10-9-12-14-11(13-10)16(7-3)8-4/h9H,5-8H2,1-4H3. The molecule has 0 spiro atoms. The average Bonchev–Trinajstić information content (AvgIpc) is 2.33. The third-order valence-corrected chi connectivity index (χ3v) is 2.67. The van der Waals surface area contributed by atoms with E-state index in [1.54, 1.807) is 6.20 Å². The Kier molecular flexibility index (Phi) is 4.95. The Morgan fingerprint density at radius 2 is 1.50 bits per heavy atom. The summed E-state index contributed by atoms with van der Waals surface area (Å²) in [6.07, 6.45) is 1.72. The first kappa shape index (κ1) is 12.7. The molecule has 0 aromatic carbocycles. The lowest BCUT2D eigenvalue weighted by molar-refractivity contribution is 0.772. The summed E-state index contributed by atoms with van der Waals surface area (Å²) in [4.78, 5) is 8.80. The molecule has 0 atom stereocenters. The normalized spacial score (nSPS) is 10.2. The summed E-state index contributed by atoms with van der Waals surface area (Å²) in [6.45, 7) is 12.1. The topological polar surface area (TPSA) is 45.2 Å². The van der Waals surface area contributed by atoms with E-state index in [4.69, 9.17) is 0 Å². The van der Waals surface area contributed by atoms with Gasteiger partial charge < -0.3 is 9.80 Å². The molecule has 5 heteroatoms. The maximum atomic E-state index is 4.54. The molecule has 0 aliphatic heterocycles. The van der Waals surface area contributed by atoms with Crippen LogP contribution in [0, 0.1) is 0 Å². The molecule has 0 radical (unpaired) electrons. The predicted molar refractivity (Wildman–Crippen MR) is 66.9 cm³/mol. The van der Waals surface area contributed by atoms with Gasteiger partial charge in [-0.3, -0.25) is 0 Å². The van der Waals surface area contributed by atoms with E-state index in [1.807, 2.05) is 0 Å². The van der Waals surface area contributed by atoms with Crippen LogP contribution < -0.4 is 9.80 Å². The van der Waals surface area contributed by atoms with E-state index in [1.165, 1.54) is 0 Å². The Bertz CT molecular complexity index is 280. The molecule has 0 N–H and O–H groups in total. The van der Waals surface area contributed by atoms with Crippen LogP contribution in [0.2, 0.25) is 0 Å². The van der Waals surface area contributed by atoms with Gasteiger partial charge in [0.25, 0.3) is 0 Å². The van der Waals surface area contributed by atoms with E-state index < -0.39 is 0 Å². The third-order valence-electron chi connectivity index (χ3n) is 2.67.